The van der Waals surface area contributed by atoms with Gasteiger partial charge in [0.2, 0.25) is 0 Å². The quantitative estimate of drug-likeness (QED) is 0.688. The first kappa shape index (κ1) is 15.2. The van der Waals surface area contributed by atoms with Crippen LogP contribution in [0.2, 0.25) is 0 Å². The third-order valence-corrected chi connectivity index (χ3v) is 3.25. The average molecular weight is 254 g/mol. The molecule has 0 fully saturated rings. The van der Waals surface area contributed by atoms with Crippen molar-refractivity contribution in [3.63, 3.8) is 0 Å². The number of nitrogens with zero attached hydrogens (tertiary/aromatic N) is 1. The first-order valence-corrected chi connectivity index (χ1v) is 6.79. The molecule has 18 heavy (non-hydrogen) atoms. The summed E-state index contributed by atoms with van der Waals surface area (Å²) in [5.41, 5.74) is 0. The van der Waals surface area contributed by atoms with Gasteiger partial charge in [0.25, 0.3) is 0 Å². The molecule has 4 heteroatoms. The van der Waals surface area contributed by atoms with Crippen LogP contribution < -0.4 is 5.32 Å². The summed E-state index contributed by atoms with van der Waals surface area (Å²) < 4.78 is 10.7. The molecule has 0 saturated carbocycles. The van der Waals surface area contributed by atoms with Crippen molar-refractivity contribution in [3.05, 3.63) is 17.8 Å². The number of methoxy groups -OCH3 is 1. The van der Waals surface area contributed by atoms with E-state index in [2.05, 4.69) is 31.1 Å². The second kappa shape index (κ2) is 8.27. The molecule has 0 aliphatic carbocycles. The molecule has 104 valence electrons. The number of hydrogen-bond acceptors (Lipinski definition) is 4. The highest BCUT2D eigenvalue weighted by molar-refractivity contribution is 5.01. The van der Waals surface area contributed by atoms with Crippen LogP contribution in [0.25, 0.3) is 0 Å². The van der Waals surface area contributed by atoms with Gasteiger partial charge in [-0.1, -0.05) is 20.8 Å². The highest BCUT2D eigenvalue weighted by Gasteiger charge is 2.14. The Labute approximate surface area is 110 Å². The largest absolute Gasteiger partial charge is 0.445 e. The van der Waals surface area contributed by atoms with Crippen LogP contribution in [0.4, 0.5) is 0 Å². The van der Waals surface area contributed by atoms with E-state index in [1.54, 1.807) is 7.11 Å². The van der Waals surface area contributed by atoms with Gasteiger partial charge in [-0.25, -0.2) is 4.98 Å². The van der Waals surface area contributed by atoms with Gasteiger partial charge in [-0.05, 0) is 18.9 Å². The van der Waals surface area contributed by atoms with Gasteiger partial charge in [0, 0.05) is 26.0 Å². The predicted octanol–water partition coefficient (Wildman–Crippen LogP) is 2.60. The molecule has 1 aromatic rings. The van der Waals surface area contributed by atoms with Gasteiger partial charge in [0.05, 0.1) is 12.8 Å². The van der Waals surface area contributed by atoms with Gasteiger partial charge in [0.15, 0.2) is 5.89 Å². The summed E-state index contributed by atoms with van der Waals surface area (Å²) in [6, 6.07) is 0. The molecule has 1 N–H and O–H groups in total. The number of oxazole rings is 1. The summed E-state index contributed by atoms with van der Waals surface area (Å²) in [5.74, 6) is 2.88. The van der Waals surface area contributed by atoms with Crippen molar-refractivity contribution in [1.29, 1.82) is 0 Å². The molecule has 1 aromatic heterocycles. The number of ether oxygens (including phenoxy) is 1. The molecule has 0 radical (unpaired) electrons. The third-order valence-electron chi connectivity index (χ3n) is 3.25. The Morgan fingerprint density at radius 2 is 2.11 bits per heavy atom. The Kier molecular flexibility index (Phi) is 6.98. The van der Waals surface area contributed by atoms with Crippen molar-refractivity contribution < 1.29 is 9.15 Å². The molecule has 1 heterocycles. The first-order chi connectivity index (χ1) is 8.65. The molecule has 1 rings (SSSR count). The van der Waals surface area contributed by atoms with Crippen molar-refractivity contribution in [2.75, 3.05) is 26.8 Å². The van der Waals surface area contributed by atoms with Crippen LogP contribution in [0.3, 0.4) is 0 Å². The zero-order valence-corrected chi connectivity index (χ0v) is 12.0. The fraction of sp³-hybridized carbons (Fsp3) is 0.786. The maximum Gasteiger partial charge on any atom is 0.194 e. The Hall–Kier alpha value is -0.870. The van der Waals surface area contributed by atoms with Crippen LogP contribution in [0.1, 0.15) is 44.8 Å². The minimum absolute atomic E-state index is 0.436. The van der Waals surface area contributed by atoms with Crippen molar-refractivity contribution in [2.24, 2.45) is 5.92 Å². The number of nitrogens with one attached hydrogen (secondary N) is 1. The molecule has 4 nitrogen and oxygen atoms in total. The minimum atomic E-state index is 0.436. The van der Waals surface area contributed by atoms with E-state index in [0.717, 1.165) is 44.2 Å². The molecule has 0 bridgehead atoms. The Morgan fingerprint density at radius 3 is 2.78 bits per heavy atom. The topological polar surface area (TPSA) is 47.3 Å². The maximum atomic E-state index is 5.77. The van der Waals surface area contributed by atoms with E-state index < -0.39 is 0 Å². The summed E-state index contributed by atoms with van der Waals surface area (Å²) >= 11 is 0. The lowest BCUT2D eigenvalue weighted by molar-refractivity contribution is 0.199. The molecular weight excluding hydrogens is 228 g/mol. The van der Waals surface area contributed by atoms with Crippen LogP contribution >= 0.6 is 0 Å². The number of rotatable bonds is 9. The van der Waals surface area contributed by atoms with E-state index >= 15 is 0 Å². The third kappa shape index (κ3) is 5.19. The second-order valence-electron chi connectivity index (χ2n) is 5.04. The van der Waals surface area contributed by atoms with Gasteiger partial charge in [-0.2, -0.15) is 0 Å². The summed E-state index contributed by atoms with van der Waals surface area (Å²) in [5, 5.41) is 3.31. The van der Waals surface area contributed by atoms with Crippen molar-refractivity contribution in [3.8, 4) is 0 Å². The lowest BCUT2D eigenvalue weighted by Crippen LogP contribution is -2.20. The minimum Gasteiger partial charge on any atom is -0.445 e. The second-order valence-corrected chi connectivity index (χ2v) is 5.04. The van der Waals surface area contributed by atoms with Crippen LogP contribution in [-0.4, -0.2) is 31.8 Å². The van der Waals surface area contributed by atoms with Crippen LogP contribution in [0.5, 0.6) is 0 Å². The normalized spacial score (nSPS) is 13.2. The van der Waals surface area contributed by atoms with Crippen molar-refractivity contribution in [2.45, 2.75) is 39.5 Å². The smallest absolute Gasteiger partial charge is 0.194 e. The van der Waals surface area contributed by atoms with E-state index in [-0.39, 0.29) is 0 Å². The molecule has 0 aromatic carbocycles. The van der Waals surface area contributed by atoms with E-state index in [1.165, 1.54) is 0 Å². The summed E-state index contributed by atoms with van der Waals surface area (Å²) in [6.07, 6.45) is 3.81. The molecule has 0 saturated heterocycles. The summed E-state index contributed by atoms with van der Waals surface area (Å²) in [6.45, 7) is 9.22. The summed E-state index contributed by atoms with van der Waals surface area (Å²) in [4.78, 5) is 4.33. The van der Waals surface area contributed by atoms with E-state index in [4.69, 9.17) is 9.15 Å². The molecular formula is C14H26N2O2. The fourth-order valence-corrected chi connectivity index (χ4v) is 1.64. The molecule has 0 aliphatic rings. The molecule has 0 amide bonds. The Balaban J connectivity index is 2.23. The molecule has 1 atom stereocenters. The zero-order valence-electron chi connectivity index (χ0n) is 12.0. The highest BCUT2D eigenvalue weighted by atomic mass is 16.5. The van der Waals surface area contributed by atoms with Gasteiger partial charge in [-0.15, -0.1) is 0 Å². The van der Waals surface area contributed by atoms with Crippen molar-refractivity contribution in [1.82, 2.24) is 10.3 Å². The van der Waals surface area contributed by atoms with Gasteiger partial charge in [0.1, 0.15) is 5.76 Å². The van der Waals surface area contributed by atoms with Gasteiger partial charge < -0.3 is 14.5 Å². The monoisotopic (exact) mass is 254 g/mol. The number of aryl methyl sites for hydroxylation is 1. The SMILES string of the molecule is COCCNCCCc1ncc(C(C)C(C)C)o1. The summed E-state index contributed by atoms with van der Waals surface area (Å²) in [7, 11) is 1.71. The number of aromatic nitrogens is 1. The van der Waals surface area contributed by atoms with Crippen molar-refractivity contribution >= 4 is 0 Å². The van der Waals surface area contributed by atoms with Gasteiger partial charge in [-0.3, -0.25) is 0 Å². The van der Waals surface area contributed by atoms with Crippen LogP contribution in [0.15, 0.2) is 10.6 Å². The lowest BCUT2D eigenvalue weighted by Gasteiger charge is -2.11. The average Bonchev–Trinajstić information content (AvgIpc) is 2.81. The number of hydrogen-bond donors (Lipinski definition) is 1. The molecule has 0 aliphatic heterocycles. The Morgan fingerprint density at radius 1 is 1.33 bits per heavy atom. The van der Waals surface area contributed by atoms with E-state index in [0.29, 0.717) is 11.8 Å². The Bertz CT molecular complexity index is 323. The maximum absolute atomic E-state index is 5.77. The fourth-order valence-electron chi connectivity index (χ4n) is 1.64. The molecule has 0 spiro atoms. The first-order valence-electron chi connectivity index (χ1n) is 6.79. The highest BCUT2D eigenvalue weighted by Crippen LogP contribution is 2.24. The zero-order chi connectivity index (χ0) is 13.4. The standard InChI is InChI=1S/C14H26N2O2/c1-11(2)12(3)13-10-16-14(18-13)6-5-7-15-8-9-17-4/h10-12,15H,5-9H2,1-4H3. The van der Waals surface area contributed by atoms with Crippen LogP contribution in [0, 0.1) is 5.92 Å². The van der Waals surface area contributed by atoms with Gasteiger partial charge >= 0.3 is 0 Å². The van der Waals surface area contributed by atoms with E-state index in [9.17, 15) is 0 Å². The molecule has 1 unspecified atom stereocenters. The predicted molar refractivity (Wildman–Crippen MR) is 72.8 cm³/mol. The van der Waals surface area contributed by atoms with E-state index in [1.807, 2.05) is 6.20 Å². The lowest BCUT2D eigenvalue weighted by atomic mass is 9.96. The van der Waals surface area contributed by atoms with Crippen LogP contribution in [-0.2, 0) is 11.2 Å².